The van der Waals surface area contributed by atoms with E-state index in [0.29, 0.717) is 0 Å². The summed E-state index contributed by atoms with van der Waals surface area (Å²) < 4.78 is 0. The first-order valence-electron chi connectivity index (χ1n) is 10.0. The van der Waals surface area contributed by atoms with Crippen molar-refractivity contribution in [2.75, 3.05) is 12.5 Å². The molecule has 0 aliphatic carbocycles. The fraction of sp³-hybridized carbons (Fsp3) is 0.0714. The van der Waals surface area contributed by atoms with Gasteiger partial charge in [0.2, 0.25) is 0 Å². The largest absolute Gasteiger partial charge is 0.130 e. The van der Waals surface area contributed by atoms with E-state index in [-0.39, 0.29) is 0 Å². The van der Waals surface area contributed by atoms with Crippen LogP contribution in [0, 0.1) is 0 Å². The highest BCUT2D eigenvalue weighted by Crippen LogP contribution is 2.37. The monoisotopic (exact) mass is 422 g/mol. The molecule has 0 amide bonds. The smallest absolute Gasteiger partial charge is 0.00753 e. The summed E-state index contributed by atoms with van der Waals surface area (Å²) in [6.07, 6.45) is 4.26. The van der Waals surface area contributed by atoms with Crippen LogP contribution >= 0.6 is 23.5 Å². The first-order chi connectivity index (χ1) is 14.8. The van der Waals surface area contributed by atoms with Crippen LogP contribution in [0.2, 0.25) is 0 Å². The van der Waals surface area contributed by atoms with Crippen molar-refractivity contribution in [3.05, 3.63) is 97.1 Å². The Morgan fingerprint density at radius 2 is 0.933 bits per heavy atom. The van der Waals surface area contributed by atoms with Gasteiger partial charge in [0.1, 0.15) is 0 Å². The molecule has 0 heterocycles. The topological polar surface area (TPSA) is 0 Å². The van der Waals surface area contributed by atoms with E-state index in [1.165, 1.54) is 53.6 Å². The van der Waals surface area contributed by atoms with Crippen molar-refractivity contribution in [2.24, 2.45) is 0 Å². The normalized spacial score (nSPS) is 11.3. The van der Waals surface area contributed by atoms with Gasteiger partial charge in [0.05, 0.1) is 0 Å². The molecule has 0 aliphatic heterocycles. The molecular formula is C28H22S2. The van der Waals surface area contributed by atoms with Gasteiger partial charge in [-0.3, -0.25) is 0 Å². The maximum Gasteiger partial charge on any atom is 0.00753 e. The van der Waals surface area contributed by atoms with Gasteiger partial charge in [-0.05, 0) is 92.7 Å². The van der Waals surface area contributed by atoms with Gasteiger partial charge >= 0.3 is 0 Å². The Kier molecular flexibility index (Phi) is 5.28. The third-order valence-corrected chi connectivity index (χ3v) is 7.09. The zero-order valence-electron chi connectivity index (χ0n) is 17.1. The second-order valence-electron chi connectivity index (χ2n) is 7.37. The van der Waals surface area contributed by atoms with Crippen molar-refractivity contribution in [3.8, 4) is 22.3 Å². The van der Waals surface area contributed by atoms with E-state index in [1.54, 1.807) is 23.5 Å². The SMILES string of the molecule is CSc1cccc(-c2cccc3cc4cccc(-c5cccc(SC)c5)c4cc23)c1. The average Bonchev–Trinajstić information content (AvgIpc) is 2.82. The number of thioether (sulfide) groups is 2. The van der Waals surface area contributed by atoms with Crippen LogP contribution in [0.25, 0.3) is 43.8 Å². The van der Waals surface area contributed by atoms with Gasteiger partial charge < -0.3 is 0 Å². The summed E-state index contributed by atoms with van der Waals surface area (Å²) in [7, 11) is 0. The molecule has 146 valence electrons. The molecule has 0 bridgehead atoms. The highest BCUT2D eigenvalue weighted by molar-refractivity contribution is 7.98. The summed E-state index contributed by atoms with van der Waals surface area (Å²) in [5, 5.41) is 5.17. The number of hydrogen-bond donors (Lipinski definition) is 0. The van der Waals surface area contributed by atoms with E-state index >= 15 is 0 Å². The third-order valence-electron chi connectivity index (χ3n) is 5.64. The molecule has 5 aromatic rings. The molecule has 0 aromatic heterocycles. The number of fused-ring (bicyclic) bond motifs is 2. The molecule has 0 aliphatic rings. The van der Waals surface area contributed by atoms with E-state index < -0.39 is 0 Å². The van der Waals surface area contributed by atoms with Crippen LogP contribution in [-0.2, 0) is 0 Å². The van der Waals surface area contributed by atoms with Crippen LogP contribution in [-0.4, -0.2) is 12.5 Å². The van der Waals surface area contributed by atoms with Gasteiger partial charge in [-0.2, -0.15) is 0 Å². The molecule has 0 N–H and O–H groups in total. The predicted molar refractivity (Wildman–Crippen MR) is 136 cm³/mol. The Morgan fingerprint density at radius 3 is 1.40 bits per heavy atom. The Balaban J connectivity index is 1.78. The van der Waals surface area contributed by atoms with Crippen molar-refractivity contribution in [1.82, 2.24) is 0 Å². The molecule has 0 saturated carbocycles. The molecule has 0 radical (unpaired) electrons. The lowest BCUT2D eigenvalue weighted by Crippen LogP contribution is -1.86. The standard InChI is InChI=1S/C28H22S2/c1-29-23-11-3-7-21(16-23)25-13-5-9-19-15-20-10-6-14-26(28(20)18-27(19)25)22-8-4-12-24(17-22)30-2/h3-18H,1-2H3. The van der Waals surface area contributed by atoms with Gasteiger partial charge in [0.25, 0.3) is 0 Å². The summed E-state index contributed by atoms with van der Waals surface area (Å²) in [5.41, 5.74) is 5.12. The lowest BCUT2D eigenvalue weighted by atomic mass is 9.92. The number of hydrogen-bond acceptors (Lipinski definition) is 2. The third kappa shape index (κ3) is 3.51. The van der Waals surface area contributed by atoms with Gasteiger partial charge in [0, 0.05) is 9.79 Å². The maximum absolute atomic E-state index is 2.38. The van der Waals surface area contributed by atoms with E-state index in [1.807, 2.05) is 0 Å². The summed E-state index contributed by atoms with van der Waals surface area (Å²) in [5.74, 6) is 0. The van der Waals surface area contributed by atoms with Crippen molar-refractivity contribution in [2.45, 2.75) is 9.79 Å². The van der Waals surface area contributed by atoms with Crippen LogP contribution in [0.5, 0.6) is 0 Å². The summed E-state index contributed by atoms with van der Waals surface area (Å²) >= 11 is 3.57. The molecular weight excluding hydrogens is 400 g/mol. The van der Waals surface area contributed by atoms with Crippen LogP contribution < -0.4 is 0 Å². The fourth-order valence-corrected chi connectivity index (χ4v) is 5.06. The molecule has 0 spiro atoms. The van der Waals surface area contributed by atoms with Crippen molar-refractivity contribution >= 4 is 45.1 Å². The molecule has 2 heteroatoms. The Hall–Kier alpha value is -2.68. The first kappa shape index (κ1) is 19.3. The van der Waals surface area contributed by atoms with Gasteiger partial charge in [-0.1, -0.05) is 60.7 Å². The molecule has 0 nitrogen and oxygen atoms in total. The molecule has 0 unspecified atom stereocenters. The molecule has 5 rings (SSSR count). The molecule has 0 saturated heterocycles. The second-order valence-corrected chi connectivity index (χ2v) is 9.13. The number of benzene rings is 5. The van der Waals surface area contributed by atoms with Crippen LogP contribution in [0.3, 0.4) is 0 Å². The van der Waals surface area contributed by atoms with Gasteiger partial charge in [0.15, 0.2) is 0 Å². The summed E-state index contributed by atoms with van der Waals surface area (Å²) in [6.45, 7) is 0. The second kappa shape index (κ2) is 8.22. The summed E-state index contributed by atoms with van der Waals surface area (Å²) in [4.78, 5) is 2.58. The first-order valence-corrected chi connectivity index (χ1v) is 12.5. The van der Waals surface area contributed by atoms with E-state index in [0.717, 1.165) is 0 Å². The predicted octanol–water partition coefficient (Wildman–Crippen LogP) is 8.77. The minimum Gasteiger partial charge on any atom is -0.130 e. The number of rotatable bonds is 4. The molecule has 5 aromatic carbocycles. The van der Waals surface area contributed by atoms with Crippen LogP contribution in [0.15, 0.2) is 107 Å². The zero-order valence-corrected chi connectivity index (χ0v) is 18.7. The van der Waals surface area contributed by atoms with Crippen LogP contribution in [0.4, 0.5) is 0 Å². The molecule has 0 fully saturated rings. The lowest BCUT2D eigenvalue weighted by Gasteiger charge is -2.13. The highest BCUT2D eigenvalue weighted by Gasteiger charge is 2.10. The van der Waals surface area contributed by atoms with Gasteiger partial charge in [-0.25, -0.2) is 0 Å². The minimum absolute atomic E-state index is 1.27. The molecule has 0 atom stereocenters. The fourth-order valence-electron chi connectivity index (χ4n) is 4.14. The van der Waals surface area contributed by atoms with E-state index in [4.69, 9.17) is 0 Å². The lowest BCUT2D eigenvalue weighted by molar-refractivity contribution is 1.46. The Labute approximate surface area is 186 Å². The maximum atomic E-state index is 2.38. The Bertz CT molecular complexity index is 1270. The van der Waals surface area contributed by atoms with E-state index in [2.05, 4.69) is 110 Å². The van der Waals surface area contributed by atoms with E-state index in [9.17, 15) is 0 Å². The Morgan fingerprint density at radius 1 is 0.467 bits per heavy atom. The minimum atomic E-state index is 1.27. The zero-order chi connectivity index (χ0) is 20.5. The van der Waals surface area contributed by atoms with Crippen LogP contribution in [0.1, 0.15) is 0 Å². The summed E-state index contributed by atoms with van der Waals surface area (Å²) in [6, 6.07) is 35.6. The average molecular weight is 423 g/mol. The van der Waals surface area contributed by atoms with Crippen molar-refractivity contribution in [1.29, 1.82) is 0 Å². The van der Waals surface area contributed by atoms with Crippen molar-refractivity contribution < 1.29 is 0 Å². The van der Waals surface area contributed by atoms with Crippen molar-refractivity contribution in [3.63, 3.8) is 0 Å². The quantitative estimate of drug-likeness (QED) is 0.210. The van der Waals surface area contributed by atoms with Gasteiger partial charge in [-0.15, -0.1) is 23.5 Å². The highest BCUT2D eigenvalue weighted by atomic mass is 32.2. The molecule has 30 heavy (non-hydrogen) atoms.